The minimum atomic E-state index is 0.629. The molecule has 1 aliphatic rings. The minimum absolute atomic E-state index is 0.629. The van der Waals surface area contributed by atoms with Crippen molar-refractivity contribution in [1.82, 2.24) is 15.3 Å². The molecule has 4 heteroatoms. The van der Waals surface area contributed by atoms with Gasteiger partial charge in [-0.05, 0) is 12.1 Å². The molecule has 0 unspecified atom stereocenters. The van der Waals surface area contributed by atoms with Crippen LogP contribution in [0, 0.1) is 0 Å². The fourth-order valence-electron chi connectivity index (χ4n) is 1.72. The summed E-state index contributed by atoms with van der Waals surface area (Å²) in [4.78, 5) is 8.65. The Balaban J connectivity index is 2.03. The molecule has 3 heterocycles. The quantitative estimate of drug-likeness (QED) is 0.757. The highest BCUT2D eigenvalue weighted by Gasteiger charge is 2.17. The van der Waals surface area contributed by atoms with Crippen LogP contribution in [0.1, 0.15) is 11.5 Å². The first-order valence-corrected chi connectivity index (χ1v) is 5.04. The Morgan fingerprint density at radius 2 is 2.33 bits per heavy atom. The lowest BCUT2D eigenvalue weighted by Gasteiger charge is -2.07. The van der Waals surface area contributed by atoms with Gasteiger partial charge in [0.2, 0.25) is 5.89 Å². The van der Waals surface area contributed by atoms with E-state index in [1.165, 1.54) is 0 Å². The number of nitrogens with zero attached hydrogens (tertiary/aromatic N) is 2. The molecule has 0 spiro atoms. The molecule has 0 radical (unpaired) electrons. The van der Waals surface area contributed by atoms with Gasteiger partial charge in [0.05, 0.1) is 5.69 Å². The number of rotatable bonds is 1. The fourth-order valence-corrected chi connectivity index (χ4v) is 1.72. The second-order valence-corrected chi connectivity index (χ2v) is 3.53. The van der Waals surface area contributed by atoms with E-state index >= 15 is 0 Å². The summed E-state index contributed by atoms with van der Waals surface area (Å²) in [6.07, 6.45) is 2.66. The summed E-state index contributed by atoms with van der Waals surface area (Å²) >= 11 is 0. The summed E-state index contributed by atoms with van der Waals surface area (Å²) < 4.78 is 5.68. The number of hydrogen-bond acceptors (Lipinski definition) is 4. The zero-order valence-electron chi connectivity index (χ0n) is 8.23. The Kier molecular flexibility index (Phi) is 1.99. The molecule has 0 aliphatic carbocycles. The third-order valence-corrected chi connectivity index (χ3v) is 2.48. The van der Waals surface area contributed by atoms with Crippen LogP contribution in [0.25, 0.3) is 11.6 Å². The molecule has 0 atom stereocenters. The van der Waals surface area contributed by atoms with Crippen molar-refractivity contribution in [3.63, 3.8) is 0 Å². The molecule has 15 heavy (non-hydrogen) atoms. The number of fused-ring (bicyclic) bond motifs is 1. The third-order valence-electron chi connectivity index (χ3n) is 2.48. The summed E-state index contributed by atoms with van der Waals surface area (Å²) in [6, 6.07) is 5.72. The Hall–Kier alpha value is -1.68. The van der Waals surface area contributed by atoms with E-state index in [4.69, 9.17) is 4.42 Å². The average molecular weight is 201 g/mol. The monoisotopic (exact) mass is 201 g/mol. The van der Waals surface area contributed by atoms with E-state index in [1.807, 2.05) is 18.2 Å². The first-order valence-electron chi connectivity index (χ1n) is 5.04. The van der Waals surface area contributed by atoms with Crippen molar-refractivity contribution in [2.24, 2.45) is 0 Å². The molecular weight excluding hydrogens is 190 g/mol. The van der Waals surface area contributed by atoms with Gasteiger partial charge in [0.15, 0.2) is 0 Å². The molecule has 2 aromatic heterocycles. The van der Waals surface area contributed by atoms with Crippen LogP contribution in [-0.4, -0.2) is 16.5 Å². The maximum absolute atomic E-state index is 5.68. The van der Waals surface area contributed by atoms with Gasteiger partial charge >= 0.3 is 0 Å². The molecule has 0 saturated carbocycles. The van der Waals surface area contributed by atoms with Gasteiger partial charge in [-0.1, -0.05) is 6.07 Å². The molecule has 1 N–H and O–H groups in total. The molecule has 1 aliphatic heterocycles. The average Bonchev–Trinajstić information content (AvgIpc) is 2.74. The lowest BCUT2D eigenvalue weighted by atomic mass is 10.2. The van der Waals surface area contributed by atoms with Gasteiger partial charge in [-0.15, -0.1) is 0 Å². The lowest BCUT2D eigenvalue weighted by molar-refractivity contribution is 0.482. The zero-order valence-corrected chi connectivity index (χ0v) is 8.23. The number of pyridine rings is 1. The van der Waals surface area contributed by atoms with Crippen LogP contribution >= 0.6 is 0 Å². The summed E-state index contributed by atoms with van der Waals surface area (Å²) in [5.74, 6) is 1.62. The Labute approximate surface area is 87.4 Å². The number of aromatic nitrogens is 2. The summed E-state index contributed by atoms with van der Waals surface area (Å²) in [5, 5.41) is 3.26. The smallest absolute Gasteiger partial charge is 0.245 e. The number of nitrogens with one attached hydrogen (secondary N) is 1. The molecule has 2 aromatic rings. The summed E-state index contributed by atoms with van der Waals surface area (Å²) in [7, 11) is 0. The number of oxazole rings is 1. The first-order chi connectivity index (χ1) is 7.43. The Morgan fingerprint density at radius 1 is 1.33 bits per heavy atom. The van der Waals surface area contributed by atoms with Crippen LogP contribution in [0.15, 0.2) is 28.8 Å². The molecule has 3 rings (SSSR count). The maximum atomic E-state index is 5.68. The van der Waals surface area contributed by atoms with E-state index in [2.05, 4.69) is 15.3 Å². The van der Waals surface area contributed by atoms with Gasteiger partial charge in [-0.3, -0.25) is 4.98 Å². The van der Waals surface area contributed by atoms with Crippen LogP contribution in [0.5, 0.6) is 0 Å². The zero-order chi connectivity index (χ0) is 10.1. The van der Waals surface area contributed by atoms with Gasteiger partial charge in [-0.25, -0.2) is 4.98 Å². The van der Waals surface area contributed by atoms with Crippen molar-refractivity contribution in [3.8, 4) is 11.6 Å². The normalized spacial score (nSPS) is 14.9. The van der Waals surface area contributed by atoms with E-state index in [9.17, 15) is 0 Å². The molecule has 0 fully saturated rings. The Morgan fingerprint density at radius 3 is 3.13 bits per heavy atom. The van der Waals surface area contributed by atoms with Crippen LogP contribution in [0.4, 0.5) is 0 Å². The summed E-state index contributed by atoms with van der Waals surface area (Å²) in [6.45, 7) is 1.76. The second-order valence-electron chi connectivity index (χ2n) is 3.53. The predicted octanol–water partition coefficient (Wildman–Crippen LogP) is 1.38. The van der Waals surface area contributed by atoms with Gasteiger partial charge < -0.3 is 9.73 Å². The molecule has 4 nitrogen and oxygen atoms in total. The van der Waals surface area contributed by atoms with Crippen molar-refractivity contribution in [3.05, 3.63) is 35.9 Å². The van der Waals surface area contributed by atoms with Gasteiger partial charge in [0.25, 0.3) is 0 Å². The maximum Gasteiger partial charge on any atom is 0.245 e. The molecule has 0 bridgehead atoms. The highest BCUT2D eigenvalue weighted by molar-refractivity contribution is 5.47. The van der Waals surface area contributed by atoms with Crippen molar-refractivity contribution >= 4 is 0 Å². The highest BCUT2D eigenvalue weighted by atomic mass is 16.4. The van der Waals surface area contributed by atoms with E-state index in [1.54, 1.807) is 6.20 Å². The van der Waals surface area contributed by atoms with E-state index in [-0.39, 0.29) is 0 Å². The molecule has 0 amide bonds. The van der Waals surface area contributed by atoms with Gasteiger partial charge in [0.1, 0.15) is 11.5 Å². The minimum Gasteiger partial charge on any atom is -0.440 e. The first kappa shape index (κ1) is 8.61. The molecule has 0 saturated heterocycles. The van der Waals surface area contributed by atoms with Gasteiger partial charge in [0, 0.05) is 25.7 Å². The van der Waals surface area contributed by atoms with Crippen LogP contribution in [0.3, 0.4) is 0 Å². The van der Waals surface area contributed by atoms with E-state index in [0.29, 0.717) is 5.89 Å². The molecule has 76 valence electrons. The van der Waals surface area contributed by atoms with Crippen molar-refractivity contribution in [1.29, 1.82) is 0 Å². The van der Waals surface area contributed by atoms with E-state index in [0.717, 1.165) is 36.7 Å². The topological polar surface area (TPSA) is 51.0 Å². The van der Waals surface area contributed by atoms with Crippen molar-refractivity contribution in [2.45, 2.75) is 13.0 Å². The fraction of sp³-hybridized carbons (Fsp3) is 0.273. The molecular formula is C11H11N3O. The van der Waals surface area contributed by atoms with Crippen molar-refractivity contribution < 1.29 is 4.42 Å². The van der Waals surface area contributed by atoms with Crippen LogP contribution < -0.4 is 5.32 Å². The van der Waals surface area contributed by atoms with Crippen molar-refractivity contribution in [2.75, 3.05) is 6.54 Å². The van der Waals surface area contributed by atoms with Crippen LogP contribution in [0.2, 0.25) is 0 Å². The van der Waals surface area contributed by atoms with E-state index < -0.39 is 0 Å². The highest BCUT2D eigenvalue weighted by Crippen LogP contribution is 2.21. The summed E-state index contributed by atoms with van der Waals surface area (Å²) in [5.41, 5.74) is 1.81. The Bertz CT molecular complexity index is 440. The predicted molar refractivity (Wildman–Crippen MR) is 55.1 cm³/mol. The number of hydrogen-bond donors (Lipinski definition) is 1. The molecule has 0 aromatic carbocycles. The lowest BCUT2D eigenvalue weighted by Crippen LogP contribution is -2.22. The van der Waals surface area contributed by atoms with Crippen LogP contribution in [-0.2, 0) is 13.0 Å². The SMILES string of the molecule is c1ccc(-c2nc3c(o2)CCNC3)nc1. The standard InChI is InChI=1S/C11H11N3O/c1-2-5-13-8(3-1)11-14-9-7-12-6-4-10(9)15-11/h1-3,5,12H,4,6-7H2. The second kappa shape index (κ2) is 3.47. The van der Waals surface area contributed by atoms with Gasteiger partial charge in [-0.2, -0.15) is 0 Å². The largest absolute Gasteiger partial charge is 0.440 e. The third kappa shape index (κ3) is 1.53.